The van der Waals surface area contributed by atoms with Gasteiger partial charge < -0.3 is 14.6 Å². The Bertz CT molecular complexity index is 706. The largest absolute Gasteiger partial charge is 0.480 e. The fraction of sp³-hybridized carbons (Fsp3) is 0.926. The van der Waals surface area contributed by atoms with Gasteiger partial charge in [-0.3, -0.25) is 4.79 Å². The van der Waals surface area contributed by atoms with Crippen LogP contribution >= 0.6 is 0 Å². The Hall–Kier alpha value is -1.10. The molecule has 0 aromatic carbocycles. The highest BCUT2D eigenvalue weighted by Crippen LogP contribution is 2.68. The number of fused-ring (bicyclic) bond motifs is 5. The second kappa shape index (κ2) is 9.27. The molecule has 0 heterocycles. The number of hydrogen-bond donors (Lipinski definition) is 1. The van der Waals surface area contributed by atoms with E-state index in [0.29, 0.717) is 29.1 Å². The maximum absolute atomic E-state index is 11.7. The Morgan fingerprint density at radius 3 is 2.44 bits per heavy atom. The lowest BCUT2D eigenvalue weighted by molar-refractivity contribution is -0.154. The van der Waals surface area contributed by atoms with Crippen LogP contribution in [0.15, 0.2) is 0 Å². The number of carboxylic acids is 1. The average molecular weight is 449 g/mol. The van der Waals surface area contributed by atoms with Crippen LogP contribution in [0, 0.1) is 46.3 Å². The van der Waals surface area contributed by atoms with E-state index in [9.17, 15) is 9.59 Å². The van der Waals surface area contributed by atoms with Crippen LogP contribution in [0.3, 0.4) is 0 Å². The van der Waals surface area contributed by atoms with Gasteiger partial charge >= 0.3 is 11.9 Å². The summed E-state index contributed by atoms with van der Waals surface area (Å²) in [5.41, 5.74) is 0.809. The maximum Gasteiger partial charge on any atom is 0.329 e. The van der Waals surface area contributed by atoms with E-state index in [4.69, 9.17) is 14.6 Å². The van der Waals surface area contributed by atoms with Crippen LogP contribution in [0.25, 0.3) is 0 Å². The van der Waals surface area contributed by atoms with Crippen LogP contribution in [0.1, 0.15) is 91.4 Å². The molecule has 4 saturated carbocycles. The second-order valence-corrected chi connectivity index (χ2v) is 12.1. The van der Waals surface area contributed by atoms with Crippen LogP contribution in [0.2, 0.25) is 0 Å². The molecule has 5 heteroatoms. The molecular weight excluding hydrogens is 404 g/mol. The maximum atomic E-state index is 11.7. The van der Waals surface area contributed by atoms with Crippen LogP contribution in [-0.2, 0) is 19.1 Å². The fourth-order valence-electron chi connectivity index (χ4n) is 9.18. The lowest BCUT2D eigenvalue weighted by atomic mass is 9.44. The first-order valence-corrected chi connectivity index (χ1v) is 13.1. The molecule has 0 aliphatic heterocycles. The van der Waals surface area contributed by atoms with Crippen molar-refractivity contribution < 1.29 is 24.2 Å². The third kappa shape index (κ3) is 4.23. The Kier molecular flexibility index (Phi) is 6.96. The Morgan fingerprint density at radius 1 is 1.00 bits per heavy atom. The minimum atomic E-state index is -0.856. The minimum Gasteiger partial charge on any atom is -0.480 e. The van der Waals surface area contributed by atoms with Gasteiger partial charge in [0, 0.05) is 6.42 Å². The third-order valence-electron chi connectivity index (χ3n) is 10.9. The Balaban J connectivity index is 1.42. The van der Waals surface area contributed by atoms with Crippen LogP contribution < -0.4 is 0 Å². The molecule has 0 unspecified atom stereocenters. The van der Waals surface area contributed by atoms with Crippen molar-refractivity contribution in [3.8, 4) is 0 Å². The summed E-state index contributed by atoms with van der Waals surface area (Å²) in [6.45, 7) is 7.33. The molecule has 4 fully saturated rings. The molecule has 0 spiro atoms. The molecule has 0 bridgehead atoms. The van der Waals surface area contributed by atoms with E-state index in [-0.39, 0.29) is 18.7 Å². The van der Waals surface area contributed by atoms with Crippen molar-refractivity contribution in [1.29, 1.82) is 0 Å². The van der Waals surface area contributed by atoms with Crippen molar-refractivity contribution in [3.63, 3.8) is 0 Å². The molecular formula is C27H44O5. The lowest BCUT2D eigenvalue weighted by Gasteiger charge is -2.61. The number of hydrogen-bond acceptors (Lipinski definition) is 4. The van der Waals surface area contributed by atoms with Gasteiger partial charge in [-0.05, 0) is 111 Å². The van der Waals surface area contributed by atoms with Crippen LogP contribution in [0.4, 0.5) is 0 Å². The predicted molar refractivity (Wildman–Crippen MR) is 123 cm³/mol. The van der Waals surface area contributed by atoms with Gasteiger partial charge in [0.1, 0.15) is 6.61 Å². The zero-order valence-electron chi connectivity index (χ0n) is 20.6. The molecule has 32 heavy (non-hydrogen) atoms. The van der Waals surface area contributed by atoms with E-state index in [1.54, 1.807) is 0 Å². The molecule has 0 radical (unpaired) electrons. The fourth-order valence-corrected chi connectivity index (χ4v) is 9.18. The van der Waals surface area contributed by atoms with Crippen molar-refractivity contribution >= 4 is 11.9 Å². The van der Waals surface area contributed by atoms with E-state index < -0.39 is 5.97 Å². The van der Waals surface area contributed by atoms with E-state index in [2.05, 4.69) is 20.8 Å². The number of aliphatic carboxylic acids is 1. The first kappa shape index (κ1) is 24.0. The van der Waals surface area contributed by atoms with E-state index >= 15 is 0 Å². The van der Waals surface area contributed by atoms with Crippen LogP contribution in [0.5, 0.6) is 0 Å². The summed E-state index contributed by atoms with van der Waals surface area (Å²) >= 11 is 0. The molecule has 0 saturated heterocycles. The zero-order valence-corrected chi connectivity index (χ0v) is 20.6. The highest BCUT2D eigenvalue weighted by atomic mass is 16.5. The van der Waals surface area contributed by atoms with Crippen molar-refractivity contribution in [3.05, 3.63) is 0 Å². The Labute approximate surface area is 194 Å². The molecule has 182 valence electrons. The summed E-state index contributed by atoms with van der Waals surface area (Å²) in [7, 11) is 1.49. The smallest absolute Gasteiger partial charge is 0.329 e. The van der Waals surface area contributed by atoms with Crippen molar-refractivity contribution in [2.24, 2.45) is 46.3 Å². The summed E-state index contributed by atoms with van der Waals surface area (Å²) in [6, 6.07) is 0. The van der Waals surface area contributed by atoms with Gasteiger partial charge in [0.2, 0.25) is 0 Å². The topological polar surface area (TPSA) is 72.8 Å². The standard InChI is InChI=1S/C27H44O5/c1-17(5-10-25(30)31-4)21-8-9-22-20-7-6-18-15-19(32-16-24(28)29)11-13-26(18,2)23(20)12-14-27(21,22)3/h17-23H,5-16H2,1-4H3,(H,28,29)/t17-,18-,19-,20+,21-,22+,23+,26+,27-/m1/s1. The summed E-state index contributed by atoms with van der Waals surface area (Å²) in [5.74, 6) is 3.52. The highest BCUT2D eigenvalue weighted by Gasteiger charge is 2.60. The summed E-state index contributed by atoms with van der Waals surface area (Å²) in [5, 5.41) is 8.98. The van der Waals surface area contributed by atoms with Gasteiger partial charge in [0.25, 0.3) is 0 Å². The molecule has 5 nitrogen and oxygen atoms in total. The molecule has 1 N–H and O–H groups in total. The van der Waals surface area contributed by atoms with Crippen molar-refractivity contribution in [1.82, 2.24) is 0 Å². The first-order chi connectivity index (χ1) is 15.2. The number of esters is 1. The highest BCUT2D eigenvalue weighted by molar-refractivity contribution is 5.69. The summed E-state index contributed by atoms with van der Waals surface area (Å²) < 4.78 is 10.6. The van der Waals surface area contributed by atoms with Gasteiger partial charge in [-0.15, -0.1) is 0 Å². The molecule has 4 aliphatic rings. The number of carbonyl (C=O) groups excluding carboxylic acids is 1. The predicted octanol–water partition coefficient (Wildman–Crippen LogP) is 5.70. The number of carboxylic acid groups (broad SMARTS) is 1. The van der Waals surface area contributed by atoms with Gasteiger partial charge in [0.05, 0.1) is 13.2 Å². The van der Waals surface area contributed by atoms with E-state index in [1.165, 1.54) is 52.1 Å². The molecule has 0 aromatic heterocycles. The van der Waals surface area contributed by atoms with Gasteiger partial charge in [0.15, 0.2) is 0 Å². The first-order valence-electron chi connectivity index (χ1n) is 13.1. The van der Waals surface area contributed by atoms with E-state index in [1.807, 2.05) is 0 Å². The van der Waals surface area contributed by atoms with Gasteiger partial charge in [-0.25, -0.2) is 4.79 Å². The molecule has 0 aromatic rings. The molecule has 4 rings (SSSR count). The second-order valence-electron chi connectivity index (χ2n) is 12.1. The lowest BCUT2D eigenvalue weighted by Crippen LogP contribution is -2.54. The Morgan fingerprint density at radius 2 is 1.72 bits per heavy atom. The number of ether oxygens (including phenoxy) is 2. The van der Waals surface area contributed by atoms with E-state index in [0.717, 1.165) is 42.9 Å². The molecule has 9 atom stereocenters. The molecule has 0 amide bonds. The van der Waals surface area contributed by atoms with Crippen LogP contribution in [-0.4, -0.2) is 36.9 Å². The minimum absolute atomic E-state index is 0.0746. The number of carbonyl (C=O) groups is 2. The van der Waals surface area contributed by atoms with Crippen molar-refractivity contribution in [2.45, 2.75) is 97.5 Å². The van der Waals surface area contributed by atoms with Gasteiger partial charge in [-0.1, -0.05) is 20.8 Å². The zero-order chi connectivity index (χ0) is 23.1. The number of methoxy groups -OCH3 is 1. The number of rotatable bonds is 7. The van der Waals surface area contributed by atoms with Gasteiger partial charge in [-0.2, -0.15) is 0 Å². The summed E-state index contributed by atoms with van der Waals surface area (Å²) in [4.78, 5) is 22.6. The monoisotopic (exact) mass is 448 g/mol. The SMILES string of the molecule is COC(=O)CC[C@@H](C)[C@H]1CC[C@H]2[C@@H]3CC[C@@H]4C[C@H](OCC(=O)O)CC[C@]4(C)[C@H]3CC[C@]12C. The normalized spacial score (nSPS) is 44.1. The quantitative estimate of drug-likeness (QED) is 0.505. The molecule has 4 aliphatic carbocycles. The van der Waals surface area contributed by atoms with Crippen molar-refractivity contribution in [2.75, 3.05) is 13.7 Å². The summed E-state index contributed by atoms with van der Waals surface area (Å²) in [6.07, 6.45) is 12.8. The third-order valence-corrected chi connectivity index (χ3v) is 10.9. The average Bonchev–Trinajstić information content (AvgIpc) is 3.12.